The molecule has 0 saturated heterocycles. The maximum atomic E-state index is 14.0. The highest BCUT2D eigenvalue weighted by Gasteiger charge is 2.62. The molecule has 11 heteroatoms. The second-order valence-corrected chi connectivity index (χ2v) is 7.09. The minimum Gasteiger partial charge on any atom is -0.374 e. The zero-order chi connectivity index (χ0) is 20.0. The summed E-state index contributed by atoms with van der Waals surface area (Å²) in [6.07, 6.45) is -5.49. The van der Waals surface area contributed by atoms with E-state index < -0.39 is 24.0 Å². The summed E-state index contributed by atoms with van der Waals surface area (Å²) < 4.78 is 55.5. The van der Waals surface area contributed by atoms with Gasteiger partial charge in [0.25, 0.3) is 5.60 Å². The SMILES string of the molecule is Cl.NCc1cc(C2=NOC(c3cc(Cl)c(Cl)c(Cl)c3)(C(F)(F)F)C2)ccc1F. The third-order valence-electron chi connectivity index (χ3n) is 4.23. The summed E-state index contributed by atoms with van der Waals surface area (Å²) in [5.41, 5.74) is 2.73. The molecular weight excluding hydrogens is 466 g/mol. The Morgan fingerprint density at radius 3 is 2.25 bits per heavy atom. The molecule has 152 valence electrons. The van der Waals surface area contributed by atoms with Crippen LogP contribution < -0.4 is 5.73 Å². The summed E-state index contributed by atoms with van der Waals surface area (Å²) in [5, 5.41) is 3.25. The number of hydrogen-bond donors (Lipinski definition) is 1. The standard InChI is InChI=1S/C17H11Cl3F4N2O.ClH/c18-11-4-10(5-12(19)15(11)20)16(17(22,23)24)6-14(26-27-16)8-1-2-13(21)9(3-8)7-25;/h1-5H,6-7,25H2;1H. The Morgan fingerprint density at radius 2 is 1.71 bits per heavy atom. The number of nitrogens with zero attached hydrogens (tertiary/aromatic N) is 1. The van der Waals surface area contributed by atoms with E-state index in [-0.39, 0.29) is 56.4 Å². The number of rotatable bonds is 3. The van der Waals surface area contributed by atoms with Gasteiger partial charge in [0.15, 0.2) is 0 Å². The van der Waals surface area contributed by atoms with Crippen LogP contribution in [0.1, 0.15) is 23.1 Å². The van der Waals surface area contributed by atoms with E-state index in [2.05, 4.69) is 5.16 Å². The first-order chi connectivity index (χ1) is 12.6. The first-order valence-electron chi connectivity index (χ1n) is 7.54. The summed E-state index contributed by atoms with van der Waals surface area (Å²) in [7, 11) is 0. The molecule has 0 bridgehead atoms. The van der Waals surface area contributed by atoms with Crippen molar-refractivity contribution in [1.29, 1.82) is 0 Å². The molecule has 0 saturated carbocycles. The Morgan fingerprint density at radius 1 is 1.11 bits per heavy atom. The first-order valence-corrected chi connectivity index (χ1v) is 8.68. The van der Waals surface area contributed by atoms with Gasteiger partial charge in [-0.1, -0.05) is 46.0 Å². The zero-order valence-electron chi connectivity index (χ0n) is 13.8. The highest BCUT2D eigenvalue weighted by Crippen LogP contribution is 2.50. The molecule has 0 aromatic heterocycles. The molecule has 2 aromatic carbocycles. The molecule has 28 heavy (non-hydrogen) atoms. The van der Waals surface area contributed by atoms with E-state index >= 15 is 0 Å². The summed E-state index contributed by atoms with van der Waals surface area (Å²) >= 11 is 17.6. The van der Waals surface area contributed by atoms with Gasteiger partial charge in [0.05, 0.1) is 20.8 Å². The van der Waals surface area contributed by atoms with Crippen LogP contribution in [0, 0.1) is 5.82 Å². The quantitative estimate of drug-likeness (QED) is 0.419. The molecule has 1 unspecified atom stereocenters. The lowest BCUT2D eigenvalue weighted by molar-refractivity contribution is -0.275. The Kier molecular flexibility index (Phi) is 6.78. The van der Waals surface area contributed by atoms with E-state index in [1.807, 2.05) is 0 Å². The van der Waals surface area contributed by atoms with Gasteiger partial charge in [-0.3, -0.25) is 0 Å². The topological polar surface area (TPSA) is 47.6 Å². The lowest BCUT2D eigenvalue weighted by Crippen LogP contribution is -2.42. The predicted octanol–water partition coefficient (Wildman–Crippen LogP) is 6.25. The largest absolute Gasteiger partial charge is 0.435 e. The number of oxime groups is 1. The fraction of sp³-hybridized carbons (Fsp3) is 0.235. The highest BCUT2D eigenvalue weighted by molar-refractivity contribution is 6.48. The fourth-order valence-electron chi connectivity index (χ4n) is 2.76. The molecule has 0 radical (unpaired) electrons. The van der Waals surface area contributed by atoms with E-state index in [9.17, 15) is 17.6 Å². The van der Waals surface area contributed by atoms with E-state index in [0.29, 0.717) is 0 Å². The second kappa shape index (κ2) is 8.24. The average Bonchev–Trinajstić information content (AvgIpc) is 3.06. The minimum atomic E-state index is -4.84. The Balaban J connectivity index is 0.00000280. The van der Waals surface area contributed by atoms with Gasteiger partial charge in [0.1, 0.15) is 5.82 Å². The number of benzene rings is 2. The van der Waals surface area contributed by atoms with E-state index in [0.717, 1.165) is 18.2 Å². The predicted molar refractivity (Wildman–Crippen MR) is 103 cm³/mol. The third kappa shape index (κ3) is 3.91. The number of hydrogen-bond acceptors (Lipinski definition) is 3. The van der Waals surface area contributed by atoms with Gasteiger partial charge in [0, 0.05) is 24.1 Å². The molecule has 1 aliphatic heterocycles. The van der Waals surface area contributed by atoms with E-state index in [1.165, 1.54) is 12.1 Å². The molecule has 0 aliphatic carbocycles. The molecule has 1 heterocycles. The van der Waals surface area contributed by atoms with Crippen LogP contribution in [0.2, 0.25) is 15.1 Å². The molecule has 0 amide bonds. The van der Waals surface area contributed by atoms with Crippen molar-refractivity contribution in [2.24, 2.45) is 10.9 Å². The van der Waals surface area contributed by atoms with Crippen LogP contribution in [-0.4, -0.2) is 11.9 Å². The van der Waals surface area contributed by atoms with Crippen molar-refractivity contribution in [2.75, 3.05) is 0 Å². The summed E-state index contributed by atoms with van der Waals surface area (Å²) in [6.45, 7) is -0.110. The number of nitrogens with two attached hydrogens (primary N) is 1. The lowest BCUT2D eigenvalue weighted by Gasteiger charge is -2.30. The van der Waals surface area contributed by atoms with Gasteiger partial charge in [-0.2, -0.15) is 13.2 Å². The summed E-state index contributed by atoms with van der Waals surface area (Å²) in [4.78, 5) is 4.89. The minimum absolute atomic E-state index is 0. The summed E-state index contributed by atoms with van der Waals surface area (Å²) in [5.74, 6) is -0.556. The fourth-order valence-corrected chi connectivity index (χ4v) is 3.35. The molecule has 1 aliphatic rings. The molecule has 0 fully saturated rings. The van der Waals surface area contributed by atoms with Gasteiger partial charge < -0.3 is 10.6 Å². The number of halogens is 8. The first kappa shape index (κ1) is 23.0. The Bertz CT molecular complexity index is 913. The van der Waals surface area contributed by atoms with Crippen molar-refractivity contribution in [1.82, 2.24) is 0 Å². The van der Waals surface area contributed by atoms with Gasteiger partial charge >= 0.3 is 6.18 Å². The van der Waals surface area contributed by atoms with Gasteiger partial charge in [0.2, 0.25) is 0 Å². The van der Waals surface area contributed by atoms with Crippen molar-refractivity contribution < 1.29 is 22.4 Å². The van der Waals surface area contributed by atoms with Crippen molar-refractivity contribution in [3.05, 3.63) is 67.9 Å². The maximum Gasteiger partial charge on any atom is 0.435 e. The zero-order valence-corrected chi connectivity index (χ0v) is 16.9. The van der Waals surface area contributed by atoms with E-state index in [4.69, 9.17) is 45.4 Å². The summed E-state index contributed by atoms with van der Waals surface area (Å²) in [6, 6.07) is 5.84. The van der Waals surface area contributed by atoms with Crippen LogP contribution in [-0.2, 0) is 17.0 Å². The van der Waals surface area contributed by atoms with Gasteiger partial charge in [-0.15, -0.1) is 12.4 Å². The highest BCUT2D eigenvalue weighted by atomic mass is 35.5. The van der Waals surface area contributed by atoms with Crippen molar-refractivity contribution in [3.63, 3.8) is 0 Å². The van der Waals surface area contributed by atoms with Crippen LogP contribution in [0.5, 0.6) is 0 Å². The maximum absolute atomic E-state index is 14.0. The molecule has 2 N–H and O–H groups in total. The van der Waals surface area contributed by atoms with Gasteiger partial charge in [-0.05, 0) is 29.8 Å². The molecule has 3 rings (SSSR count). The number of alkyl halides is 3. The van der Waals surface area contributed by atoms with Crippen LogP contribution in [0.3, 0.4) is 0 Å². The van der Waals surface area contributed by atoms with Crippen LogP contribution >= 0.6 is 47.2 Å². The van der Waals surface area contributed by atoms with E-state index in [1.54, 1.807) is 0 Å². The second-order valence-electron chi connectivity index (χ2n) is 5.90. The lowest BCUT2D eigenvalue weighted by atomic mass is 9.86. The molecule has 3 nitrogen and oxygen atoms in total. The Labute approximate surface area is 178 Å². The average molecular weight is 478 g/mol. The molecule has 1 atom stereocenters. The molecule has 2 aromatic rings. The van der Waals surface area contributed by atoms with Crippen molar-refractivity contribution in [3.8, 4) is 0 Å². The van der Waals surface area contributed by atoms with Gasteiger partial charge in [-0.25, -0.2) is 4.39 Å². The monoisotopic (exact) mass is 476 g/mol. The van der Waals surface area contributed by atoms with Crippen molar-refractivity contribution >= 4 is 52.9 Å². The van der Waals surface area contributed by atoms with Crippen LogP contribution in [0.15, 0.2) is 35.5 Å². The van der Waals surface area contributed by atoms with Crippen LogP contribution in [0.25, 0.3) is 0 Å². The third-order valence-corrected chi connectivity index (χ3v) is 5.43. The Hall–Kier alpha value is -1.25. The molecule has 0 spiro atoms. The normalized spacial score (nSPS) is 19.1. The molecular formula is C17H12Cl4F4N2O. The van der Waals surface area contributed by atoms with Crippen molar-refractivity contribution in [2.45, 2.75) is 24.7 Å². The van der Waals surface area contributed by atoms with Crippen LogP contribution in [0.4, 0.5) is 17.6 Å². The smallest absolute Gasteiger partial charge is 0.374 e.